The van der Waals surface area contributed by atoms with Crippen molar-refractivity contribution in [3.8, 4) is 0 Å². The summed E-state index contributed by atoms with van der Waals surface area (Å²) in [6.07, 6.45) is 0.497. The molecule has 14 heavy (non-hydrogen) atoms. The second-order valence-electron chi connectivity index (χ2n) is 3.68. The number of ether oxygens (including phenoxy) is 2. The Labute approximate surface area is 83.6 Å². The van der Waals surface area contributed by atoms with Crippen LogP contribution < -0.4 is 0 Å². The van der Waals surface area contributed by atoms with E-state index in [0.717, 1.165) is 0 Å². The Hall–Kier alpha value is -1.06. The fourth-order valence-corrected chi connectivity index (χ4v) is 1.66. The van der Waals surface area contributed by atoms with Crippen molar-refractivity contribution in [1.82, 2.24) is 0 Å². The smallest absolute Gasteiger partial charge is 0.435 e. The maximum Gasteiger partial charge on any atom is 0.508 e. The van der Waals surface area contributed by atoms with Gasteiger partial charge in [0.25, 0.3) is 0 Å². The van der Waals surface area contributed by atoms with Crippen molar-refractivity contribution in [3.05, 3.63) is 0 Å². The van der Waals surface area contributed by atoms with Crippen LogP contribution in [-0.4, -0.2) is 25.2 Å². The van der Waals surface area contributed by atoms with Crippen molar-refractivity contribution in [2.24, 2.45) is 11.8 Å². The van der Waals surface area contributed by atoms with Gasteiger partial charge in [-0.25, -0.2) is 4.79 Å². The van der Waals surface area contributed by atoms with Crippen LogP contribution in [0.2, 0.25) is 0 Å². The number of carbonyl (C=O) groups is 2. The van der Waals surface area contributed by atoms with E-state index in [2.05, 4.69) is 4.74 Å². The van der Waals surface area contributed by atoms with E-state index in [0.29, 0.717) is 32.0 Å². The molecule has 1 aliphatic rings. The van der Waals surface area contributed by atoms with Gasteiger partial charge in [0.05, 0.1) is 13.2 Å². The molecule has 0 heterocycles. The zero-order valence-corrected chi connectivity index (χ0v) is 8.62. The van der Waals surface area contributed by atoms with E-state index in [9.17, 15) is 9.59 Å². The Morgan fingerprint density at radius 2 is 2.14 bits per heavy atom. The average molecular weight is 200 g/mol. The molecule has 0 saturated heterocycles. The third-order valence-electron chi connectivity index (χ3n) is 2.52. The van der Waals surface area contributed by atoms with Crippen LogP contribution in [0.3, 0.4) is 0 Å². The molecule has 1 saturated carbocycles. The summed E-state index contributed by atoms with van der Waals surface area (Å²) in [5.74, 6) is 0.749. The summed E-state index contributed by atoms with van der Waals surface area (Å²) in [6.45, 7) is 4.34. The van der Waals surface area contributed by atoms with E-state index in [-0.39, 0.29) is 11.7 Å². The van der Waals surface area contributed by atoms with Gasteiger partial charge >= 0.3 is 6.16 Å². The fraction of sp³-hybridized carbons (Fsp3) is 0.800. The van der Waals surface area contributed by atoms with Crippen LogP contribution in [0.1, 0.15) is 26.7 Å². The Morgan fingerprint density at radius 1 is 1.43 bits per heavy atom. The fourth-order valence-electron chi connectivity index (χ4n) is 1.66. The van der Waals surface area contributed by atoms with Gasteiger partial charge in [0, 0.05) is 18.8 Å². The van der Waals surface area contributed by atoms with Crippen molar-refractivity contribution in [1.29, 1.82) is 0 Å². The molecular formula is C10H16O4. The van der Waals surface area contributed by atoms with E-state index in [1.54, 1.807) is 6.92 Å². The third-order valence-corrected chi connectivity index (χ3v) is 2.52. The molecular weight excluding hydrogens is 184 g/mol. The minimum Gasteiger partial charge on any atom is -0.435 e. The highest BCUT2D eigenvalue weighted by Gasteiger charge is 2.30. The monoisotopic (exact) mass is 200 g/mol. The van der Waals surface area contributed by atoms with Crippen molar-refractivity contribution >= 4 is 11.9 Å². The first-order valence-corrected chi connectivity index (χ1v) is 4.94. The van der Waals surface area contributed by atoms with Crippen LogP contribution in [0.15, 0.2) is 0 Å². The first-order valence-electron chi connectivity index (χ1n) is 4.94. The summed E-state index contributed by atoms with van der Waals surface area (Å²) in [5.41, 5.74) is 0. The molecule has 4 heteroatoms. The van der Waals surface area contributed by atoms with Crippen LogP contribution in [0, 0.1) is 11.8 Å². The van der Waals surface area contributed by atoms with E-state index in [1.165, 1.54) is 0 Å². The molecule has 1 rings (SSSR count). The molecule has 0 aromatic rings. The lowest BCUT2D eigenvalue weighted by Crippen LogP contribution is -2.16. The highest BCUT2D eigenvalue weighted by Crippen LogP contribution is 2.28. The first kappa shape index (κ1) is 11.0. The second-order valence-corrected chi connectivity index (χ2v) is 3.68. The zero-order chi connectivity index (χ0) is 10.6. The Balaban J connectivity index is 2.24. The molecule has 0 spiro atoms. The van der Waals surface area contributed by atoms with Crippen molar-refractivity contribution in [2.45, 2.75) is 26.7 Å². The quantitative estimate of drug-likeness (QED) is 0.651. The molecule has 4 nitrogen and oxygen atoms in total. The van der Waals surface area contributed by atoms with Crippen LogP contribution in [-0.2, 0) is 14.3 Å². The predicted octanol–water partition coefficient (Wildman–Crippen LogP) is 1.77. The molecule has 0 aliphatic heterocycles. The van der Waals surface area contributed by atoms with Crippen LogP contribution >= 0.6 is 0 Å². The van der Waals surface area contributed by atoms with E-state index >= 15 is 0 Å². The van der Waals surface area contributed by atoms with Gasteiger partial charge in [0.15, 0.2) is 0 Å². The van der Waals surface area contributed by atoms with Gasteiger partial charge in [-0.05, 0) is 12.8 Å². The van der Waals surface area contributed by atoms with Gasteiger partial charge < -0.3 is 9.47 Å². The standard InChI is InChI=1S/C10H16O4/c1-3-13-10(12)14-6-8-5-9(11)4-7(8)2/h7-8H,3-6H2,1-2H3. The Kier molecular flexibility index (Phi) is 3.92. The topological polar surface area (TPSA) is 52.6 Å². The molecule has 1 fully saturated rings. The number of Topliss-reactive ketones (excluding diaryl/α,β-unsaturated/α-hetero) is 1. The molecule has 80 valence electrons. The highest BCUT2D eigenvalue weighted by molar-refractivity contribution is 5.81. The summed E-state index contributed by atoms with van der Waals surface area (Å²) in [6, 6.07) is 0. The lowest BCUT2D eigenvalue weighted by Gasteiger charge is -2.13. The average Bonchev–Trinajstić information content (AvgIpc) is 2.42. The molecule has 2 atom stereocenters. The summed E-state index contributed by atoms with van der Waals surface area (Å²) in [7, 11) is 0. The van der Waals surface area contributed by atoms with Gasteiger partial charge in [-0.3, -0.25) is 4.79 Å². The van der Waals surface area contributed by atoms with Gasteiger partial charge in [-0.1, -0.05) is 6.92 Å². The molecule has 0 amide bonds. The molecule has 0 N–H and O–H groups in total. The molecule has 0 radical (unpaired) electrons. The van der Waals surface area contributed by atoms with Crippen molar-refractivity contribution in [3.63, 3.8) is 0 Å². The van der Waals surface area contributed by atoms with Crippen LogP contribution in [0.5, 0.6) is 0 Å². The normalized spacial score (nSPS) is 26.3. The third kappa shape index (κ3) is 3.01. The first-order chi connectivity index (χ1) is 6.63. The molecule has 0 aromatic carbocycles. The van der Waals surface area contributed by atoms with Crippen molar-refractivity contribution in [2.75, 3.05) is 13.2 Å². The number of carbonyl (C=O) groups excluding carboxylic acids is 2. The lowest BCUT2D eigenvalue weighted by atomic mass is 10.00. The summed E-state index contributed by atoms with van der Waals surface area (Å²) in [4.78, 5) is 21.9. The van der Waals surface area contributed by atoms with E-state index in [4.69, 9.17) is 4.74 Å². The minimum absolute atomic E-state index is 0.173. The predicted molar refractivity (Wildman–Crippen MR) is 49.9 cm³/mol. The number of rotatable bonds is 3. The van der Waals surface area contributed by atoms with Gasteiger partial charge in [0.2, 0.25) is 0 Å². The molecule has 2 unspecified atom stereocenters. The van der Waals surface area contributed by atoms with Crippen LogP contribution in [0.25, 0.3) is 0 Å². The van der Waals surface area contributed by atoms with Gasteiger partial charge in [0.1, 0.15) is 5.78 Å². The molecule has 0 aromatic heterocycles. The summed E-state index contributed by atoms with van der Waals surface area (Å²) < 4.78 is 9.49. The lowest BCUT2D eigenvalue weighted by molar-refractivity contribution is -0.117. The number of hydrogen-bond donors (Lipinski definition) is 0. The maximum absolute atomic E-state index is 11.1. The SMILES string of the molecule is CCOC(=O)OCC1CC(=O)CC1C. The summed E-state index contributed by atoms with van der Waals surface area (Å²) >= 11 is 0. The van der Waals surface area contributed by atoms with E-state index < -0.39 is 6.16 Å². The zero-order valence-electron chi connectivity index (χ0n) is 8.62. The minimum atomic E-state index is -0.640. The Morgan fingerprint density at radius 3 is 2.64 bits per heavy atom. The van der Waals surface area contributed by atoms with Crippen LogP contribution in [0.4, 0.5) is 4.79 Å². The highest BCUT2D eigenvalue weighted by atomic mass is 16.7. The number of ketones is 1. The number of hydrogen-bond acceptors (Lipinski definition) is 4. The largest absolute Gasteiger partial charge is 0.508 e. The maximum atomic E-state index is 11.1. The second kappa shape index (κ2) is 4.98. The van der Waals surface area contributed by atoms with Crippen molar-refractivity contribution < 1.29 is 19.1 Å². The molecule has 0 bridgehead atoms. The Bertz CT molecular complexity index is 224. The van der Waals surface area contributed by atoms with Gasteiger partial charge in [-0.2, -0.15) is 0 Å². The van der Waals surface area contributed by atoms with E-state index in [1.807, 2.05) is 6.92 Å². The summed E-state index contributed by atoms with van der Waals surface area (Å²) in [5, 5.41) is 0. The molecule has 1 aliphatic carbocycles. The van der Waals surface area contributed by atoms with Gasteiger partial charge in [-0.15, -0.1) is 0 Å².